The van der Waals surface area contributed by atoms with Crippen LogP contribution in [0.15, 0.2) is 42.6 Å². The van der Waals surface area contributed by atoms with Crippen molar-refractivity contribution < 1.29 is 31.9 Å². The molecular formula is C38H40F4N8O3. The number of carbonyl (C=O) groups is 2. The Morgan fingerprint density at radius 2 is 1.85 bits per heavy atom. The first-order valence-corrected chi connectivity index (χ1v) is 18.1. The van der Waals surface area contributed by atoms with Gasteiger partial charge in [-0.1, -0.05) is 6.42 Å². The van der Waals surface area contributed by atoms with E-state index in [9.17, 15) is 22.8 Å². The number of hydrogen-bond acceptors (Lipinski definition) is 7. The van der Waals surface area contributed by atoms with Gasteiger partial charge in [0, 0.05) is 56.0 Å². The average Bonchev–Trinajstić information content (AvgIpc) is 3.80. The van der Waals surface area contributed by atoms with E-state index in [1.165, 1.54) is 12.1 Å². The van der Waals surface area contributed by atoms with Crippen LogP contribution in [0.5, 0.6) is 0 Å². The minimum absolute atomic E-state index is 0.0383. The number of likely N-dealkylation sites (tertiary alicyclic amines) is 1. The summed E-state index contributed by atoms with van der Waals surface area (Å²) in [5.74, 6) is -1.13. The van der Waals surface area contributed by atoms with Crippen molar-refractivity contribution in [2.75, 3.05) is 20.2 Å². The summed E-state index contributed by atoms with van der Waals surface area (Å²) in [5.41, 5.74) is 7.64. The van der Waals surface area contributed by atoms with Crippen LogP contribution in [0.3, 0.4) is 0 Å². The summed E-state index contributed by atoms with van der Waals surface area (Å²) >= 11 is 0. The molecule has 2 fully saturated rings. The van der Waals surface area contributed by atoms with Gasteiger partial charge in [0.1, 0.15) is 17.0 Å². The highest BCUT2D eigenvalue weighted by atomic mass is 19.4. The van der Waals surface area contributed by atoms with Crippen molar-refractivity contribution >= 4 is 33.9 Å². The van der Waals surface area contributed by atoms with Gasteiger partial charge in [0.25, 0.3) is 11.8 Å². The number of hydrogen-bond donors (Lipinski definition) is 2. The third-order valence-corrected chi connectivity index (χ3v) is 10.7. The fourth-order valence-corrected chi connectivity index (χ4v) is 7.87. The summed E-state index contributed by atoms with van der Waals surface area (Å²) < 4.78 is 67.6. The molecule has 6 heterocycles. The maximum atomic E-state index is 16.2. The quantitative estimate of drug-likeness (QED) is 0.206. The molecule has 0 unspecified atom stereocenters. The summed E-state index contributed by atoms with van der Waals surface area (Å²) in [4.78, 5) is 42.2. The second-order valence-corrected chi connectivity index (χ2v) is 14.4. The molecule has 1 aromatic carbocycles. The smallest absolute Gasteiger partial charge is 0.380 e. The van der Waals surface area contributed by atoms with E-state index in [1.54, 1.807) is 31.1 Å². The number of nitrogens with two attached hydrogens (primary N) is 1. The standard InChI is InChI=1S/C38H40F4N8O3/c1-20-27-10-7-22-18-29(49(34(22)46-27)14-5-3-4-6-21-11-13-44-33(38(40,41)42)31(21)36(51)45-20)35-47-28-17-23(16-25(39)32(28)50(35)24-8-9-24)37(52)48-15-12-30(53-2)26(43)19-48/h7,10-11,13,16-18,20,24,26,30H,3-6,8-9,12,14-15,19,43H2,1-2H3,(H,45,51)/t20-,26+,30-/m1/s1. The van der Waals surface area contributed by atoms with Crippen molar-refractivity contribution in [1.29, 1.82) is 0 Å². The van der Waals surface area contributed by atoms with Gasteiger partial charge in [-0.05, 0) is 87.4 Å². The largest absolute Gasteiger partial charge is 0.434 e. The fourth-order valence-electron chi connectivity index (χ4n) is 7.87. The number of ether oxygens (including phenoxy) is 1. The number of rotatable bonds is 4. The second kappa shape index (κ2) is 13.5. The number of aryl methyl sites for hydroxylation is 2. The number of amides is 2. The molecule has 4 aromatic heterocycles. The average molecular weight is 733 g/mol. The van der Waals surface area contributed by atoms with E-state index in [4.69, 9.17) is 20.4 Å². The second-order valence-electron chi connectivity index (χ2n) is 14.4. The van der Waals surface area contributed by atoms with Crippen LogP contribution in [0.1, 0.15) is 95.2 Å². The number of halogens is 4. The summed E-state index contributed by atoms with van der Waals surface area (Å²) in [6.45, 7) is 2.94. The van der Waals surface area contributed by atoms with Crippen LogP contribution in [0.2, 0.25) is 0 Å². The van der Waals surface area contributed by atoms with Gasteiger partial charge in [0.05, 0.1) is 34.6 Å². The molecule has 2 bridgehead atoms. The molecule has 278 valence electrons. The van der Waals surface area contributed by atoms with Crippen molar-refractivity contribution in [2.24, 2.45) is 5.73 Å². The first-order chi connectivity index (χ1) is 25.4. The number of fused-ring (bicyclic) bond motifs is 3. The Morgan fingerprint density at radius 3 is 2.58 bits per heavy atom. The minimum atomic E-state index is -4.79. The summed E-state index contributed by atoms with van der Waals surface area (Å²) in [5, 5.41) is 3.53. The molecule has 3 N–H and O–H groups in total. The number of imidazole rings is 1. The highest BCUT2D eigenvalue weighted by Gasteiger charge is 2.39. The van der Waals surface area contributed by atoms with Crippen molar-refractivity contribution in [3.63, 3.8) is 0 Å². The fraction of sp³-hybridized carbons (Fsp3) is 0.447. The Labute approximate surface area is 302 Å². The number of nitrogens with one attached hydrogen (secondary N) is 1. The summed E-state index contributed by atoms with van der Waals surface area (Å²) in [6.07, 6.45) is 0.600. The van der Waals surface area contributed by atoms with E-state index in [2.05, 4.69) is 14.9 Å². The van der Waals surface area contributed by atoms with Gasteiger partial charge in [-0.2, -0.15) is 13.2 Å². The van der Waals surface area contributed by atoms with Crippen LogP contribution >= 0.6 is 0 Å². The van der Waals surface area contributed by atoms with E-state index in [1.807, 2.05) is 16.7 Å². The molecule has 5 aromatic rings. The van der Waals surface area contributed by atoms with Crippen LogP contribution in [0.25, 0.3) is 33.6 Å². The van der Waals surface area contributed by atoms with E-state index in [0.29, 0.717) is 79.1 Å². The molecule has 3 atom stereocenters. The molecule has 53 heavy (non-hydrogen) atoms. The molecule has 2 aliphatic heterocycles. The lowest BCUT2D eigenvalue weighted by Gasteiger charge is -2.35. The molecule has 3 aliphatic rings. The number of nitrogens with zero attached hydrogens (tertiary/aromatic N) is 6. The number of piperidine rings is 1. The maximum absolute atomic E-state index is 16.2. The van der Waals surface area contributed by atoms with E-state index < -0.39 is 35.2 Å². The lowest BCUT2D eigenvalue weighted by Crippen LogP contribution is -2.53. The van der Waals surface area contributed by atoms with Gasteiger partial charge in [0.15, 0.2) is 11.5 Å². The first kappa shape index (κ1) is 35.2. The zero-order valence-electron chi connectivity index (χ0n) is 29.4. The number of carbonyl (C=O) groups excluding carboxylic acids is 2. The van der Waals surface area contributed by atoms with Crippen LogP contribution in [0.4, 0.5) is 17.6 Å². The molecule has 1 aliphatic carbocycles. The van der Waals surface area contributed by atoms with Gasteiger partial charge in [-0.15, -0.1) is 0 Å². The summed E-state index contributed by atoms with van der Waals surface area (Å²) in [6, 6.07) is 8.95. The Kier molecular flexibility index (Phi) is 8.96. The lowest BCUT2D eigenvalue weighted by molar-refractivity contribution is -0.141. The normalized spacial score (nSPS) is 21.5. The molecule has 15 heteroatoms. The van der Waals surface area contributed by atoms with Gasteiger partial charge in [0.2, 0.25) is 0 Å². The van der Waals surface area contributed by atoms with Crippen molar-refractivity contribution in [1.82, 2.24) is 34.3 Å². The van der Waals surface area contributed by atoms with Crippen molar-refractivity contribution in [3.8, 4) is 11.5 Å². The monoisotopic (exact) mass is 732 g/mol. The third kappa shape index (κ3) is 6.43. The molecule has 1 saturated carbocycles. The zero-order chi connectivity index (χ0) is 37.2. The number of benzene rings is 1. The number of alkyl halides is 3. The number of pyridine rings is 2. The highest BCUT2D eigenvalue weighted by Crippen LogP contribution is 2.43. The highest BCUT2D eigenvalue weighted by molar-refractivity contribution is 5.99. The van der Waals surface area contributed by atoms with Gasteiger partial charge in [-0.25, -0.2) is 14.4 Å². The van der Waals surface area contributed by atoms with Gasteiger partial charge < -0.3 is 29.8 Å². The van der Waals surface area contributed by atoms with Crippen LogP contribution in [-0.4, -0.2) is 73.1 Å². The summed E-state index contributed by atoms with van der Waals surface area (Å²) in [7, 11) is 1.60. The Bertz CT molecular complexity index is 2240. The van der Waals surface area contributed by atoms with Gasteiger partial charge in [-0.3, -0.25) is 14.6 Å². The number of methoxy groups -OCH3 is 1. The van der Waals surface area contributed by atoms with Crippen LogP contribution < -0.4 is 11.1 Å². The van der Waals surface area contributed by atoms with Crippen molar-refractivity contribution in [2.45, 2.75) is 88.8 Å². The third-order valence-electron chi connectivity index (χ3n) is 10.7. The lowest BCUT2D eigenvalue weighted by atomic mass is 9.99. The van der Waals surface area contributed by atoms with E-state index >= 15 is 4.39 Å². The number of aromatic nitrogens is 5. The topological polar surface area (TPSA) is 133 Å². The zero-order valence-corrected chi connectivity index (χ0v) is 29.4. The maximum Gasteiger partial charge on any atom is 0.434 e. The van der Waals surface area contributed by atoms with Crippen LogP contribution in [-0.2, 0) is 23.9 Å². The van der Waals surface area contributed by atoms with E-state index in [0.717, 1.165) is 30.1 Å². The Morgan fingerprint density at radius 1 is 1.04 bits per heavy atom. The van der Waals surface area contributed by atoms with Gasteiger partial charge >= 0.3 is 6.18 Å². The molecule has 8 rings (SSSR count). The predicted molar refractivity (Wildman–Crippen MR) is 189 cm³/mol. The first-order valence-electron chi connectivity index (χ1n) is 18.1. The molecule has 1 saturated heterocycles. The Balaban J connectivity index is 1.19. The SMILES string of the molecule is CO[C@@H]1CCN(C(=O)c2cc(F)c3c(c2)nc(-c2cc4ccc5nc4n2CCCCCc2ccnc(C(F)(F)F)c2C(=O)N[C@@H]5C)n3C2CC2)C[C@@H]1N. The molecule has 11 nitrogen and oxygen atoms in total. The van der Waals surface area contributed by atoms with Crippen LogP contribution in [0, 0.1) is 5.82 Å². The Hall–Kier alpha value is -4.89. The minimum Gasteiger partial charge on any atom is -0.380 e. The van der Waals surface area contributed by atoms with E-state index in [-0.39, 0.29) is 36.1 Å². The predicted octanol–water partition coefficient (Wildman–Crippen LogP) is 6.35. The van der Waals surface area contributed by atoms with Crippen molar-refractivity contribution in [3.05, 3.63) is 76.5 Å². The molecule has 0 spiro atoms. The molecule has 2 amide bonds. The molecular weight excluding hydrogens is 692 g/mol. The molecule has 0 radical (unpaired) electrons.